The topological polar surface area (TPSA) is 98.1 Å². The highest BCUT2D eigenvalue weighted by molar-refractivity contribution is 7.99. The van der Waals surface area contributed by atoms with Crippen molar-refractivity contribution in [1.29, 1.82) is 0 Å². The zero-order valence-corrected chi connectivity index (χ0v) is 19.4. The molecule has 0 atom stereocenters. The Labute approximate surface area is 191 Å². The van der Waals surface area contributed by atoms with Crippen molar-refractivity contribution in [2.24, 2.45) is 7.05 Å². The number of hydrogen-bond donors (Lipinski definition) is 2. The molecule has 1 heterocycles. The summed E-state index contributed by atoms with van der Waals surface area (Å²) in [5.74, 6) is 1.34. The van der Waals surface area contributed by atoms with Crippen molar-refractivity contribution in [3.8, 4) is 5.75 Å². The fourth-order valence-electron chi connectivity index (χ4n) is 3.10. The van der Waals surface area contributed by atoms with E-state index in [0.29, 0.717) is 28.3 Å². The average molecular weight is 454 g/mol. The van der Waals surface area contributed by atoms with Crippen molar-refractivity contribution in [2.75, 3.05) is 23.5 Å². The quantitative estimate of drug-likeness (QED) is 0.478. The maximum absolute atomic E-state index is 12.4. The van der Waals surface area contributed by atoms with Gasteiger partial charge in [-0.05, 0) is 29.7 Å². The number of rotatable bonds is 9. The van der Waals surface area contributed by atoms with Gasteiger partial charge in [0, 0.05) is 24.5 Å². The first kappa shape index (κ1) is 23.3. The van der Waals surface area contributed by atoms with Gasteiger partial charge < -0.3 is 19.9 Å². The van der Waals surface area contributed by atoms with E-state index in [1.165, 1.54) is 11.8 Å². The molecule has 0 saturated carbocycles. The van der Waals surface area contributed by atoms with Crippen LogP contribution in [0.2, 0.25) is 0 Å². The molecule has 168 valence electrons. The van der Waals surface area contributed by atoms with Crippen LogP contribution in [0.15, 0.2) is 53.7 Å². The van der Waals surface area contributed by atoms with E-state index >= 15 is 0 Å². The number of carbonyl (C=O) groups excluding carboxylic acids is 2. The van der Waals surface area contributed by atoms with E-state index in [0.717, 1.165) is 11.3 Å². The fourth-order valence-corrected chi connectivity index (χ4v) is 3.83. The average Bonchev–Trinajstić information content (AvgIpc) is 3.11. The maximum atomic E-state index is 12.4. The van der Waals surface area contributed by atoms with Crippen LogP contribution in [-0.4, -0.2) is 39.4 Å². The highest BCUT2D eigenvalue weighted by atomic mass is 32.2. The summed E-state index contributed by atoms with van der Waals surface area (Å²) < 4.78 is 6.89. The third-order valence-corrected chi connectivity index (χ3v) is 5.81. The Balaban J connectivity index is 1.55. The van der Waals surface area contributed by atoms with Crippen molar-refractivity contribution >= 4 is 35.0 Å². The van der Waals surface area contributed by atoms with Gasteiger partial charge in [0.1, 0.15) is 11.6 Å². The SMILES string of the molecule is COc1cccc(NC(=O)Cc2nnc(SCC(=O)Nc3ccccc3C(C)C)n2C)c1. The van der Waals surface area contributed by atoms with Crippen LogP contribution in [0.4, 0.5) is 11.4 Å². The molecule has 9 heteroatoms. The van der Waals surface area contributed by atoms with Gasteiger partial charge in [0.15, 0.2) is 5.16 Å². The molecule has 0 bridgehead atoms. The normalized spacial score (nSPS) is 10.8. The minimum absolute atomic E-state index is 0.0647. The van der Waals surface area contributed by atoms with Gasteiger partial charge in [-0.2, -0.15) is 0 Å². The first-order chi connectivity index (χ1) is 15.4. The van der Waals surface area contributed by atoms with Crippen molar-refractivity contribution in [3.05, 3.63) is 59.9 Å². The van der Waals surface area contributed by atoms with Crippen LogP contribution in [0, 0.1) is 0 Å². The minimum atomic E-state index is -0.215. The summed E-state index contributed by atoms with van der Waals surface area (Å²) in [7, 11) is 3.35. The molecule has 0 spiro atoms. The maximum Gasteiger partial charge on any atom is 0.234 e. The second-order valence-electron chi connectivity index (χ2n) is 7.49. The molecular weight excluding hydrogens is 426 g/mol. The molecular formula is C23H27N5O3S. The van der Waals surface area contributed by atoms with E-state index in [9.17, 15) is 9.59 Å². The smallest absolute Gasteiger partial charge is 0.234 e. The van der Waals surface area contributed by atoms with Gasteiger partial charge >= 0.3 is 0 Å². The molecule has 0 saturated heterocycles. The number of hydrogen-bond acceptors (Lipinski definition) is 6. The van der Waals surface area contributed by atoms with E-state index in [2.05, 4.69) is 34.7 Å². The number of amides is 2. The summed E-state index contributed by atoms with van der Waals surface area (Å²) in [6.07, 6.45) is 0.0647. The molecule has 1 aromatic heterocycles. The molecule has 0 unspecified atom stereocenters. The third kappa shape index (κ3) is 6.10. The molecule has 0 aliphatic rings. The number of nitrogens with one attached hydrogen (secondary N) is 2. The molecule has 3 aromatic rings. The van der Waals surface area contributed by atoms with Crippen LogP contribution < -0.4 is 15.4 Å². The van der Waals surface area contributed by atoms with E-state index in [-0.39, 0.29) is 24.0 Å². The van der Waals surface area contributed by atoms with Gasteiger partial charge in [-0.15, -0.1) is 10.2 Å². The number of benzene rings is 2. The first-order valence-corrected chi connectivity index (χ1v) is 11.2. The van der Waals surface area contributed by atoms with Gasteiger partial charge in [0.2, 0.25) is 11.8 Å². The lowest BCUT2D eigenvalue weighted by molar-refractivity contribution is -0.116. The highest BCUT2D eigenvalue weighted by Crippen LogP contribution is 2.24. The Morgan fingerprint density at radius 1 is 1.06 bits per heavy atom. The molecule has 8 nitrogen and oxygen atoms in total. The summed E-state index contributed by atoms with van der Waals surface area (Å²) in [5.41, 5.74) is 2.55. The van der Waals surface area contributed by atoms with Gasteiger partial charge in [0.05, 0.1) is 19.3 Å². The van der Waals surface area contributed by atoms with Crippen LogP contribution in [0.5, 0.6) is 5.75 Å². The van der Waals surface area contributed by atoms with Crippen LogP contribution in [-0.2, 0) is 23.1 Å². The van der Waals surface area contributed by atoms with Crippen molar-refractivity contribution in [1.82, 2.24) is 14.8 Å². The lowest BCUT2D eigenvalue weighted by atomic mass is 10.0. The number of anilines is 2. The number of para-hydroxylation sites is 1. The van der Waals surface area contributed by atoms with Crippen LogP contribution >= 0.6 is 11.8 Å². The number of methoxy groups -OCH3 is 1. The number of carbonyl (C=O) groups is 2. The van der Waals surface area contributed by atoms with Crippen molar-refractivity contribution < 1.29 is 14.3 Å². The van der Waals surface area contributed by atoms with Crippen LogP contribution in [0.3, 0.4) is 0 Å². The molecule has 2 aromatic carbocycles. The second kappa shape index (κ2) is 10.8. The van der Waals surface area contributed by atoms with E-state index in [1.54, 1.807) is 43.0 Å². The molecule has 32 heavy (non-hydrogen) atoms. The summed E-state index contributed by atoms with van der Waals surface area (Å²) in [6, 6.07) is 14.9. The molecule has 2 amide bonds. The Morgan fingerprint density at radius 3 is 2.59 bits per heavy atom. The number of thioether (sulfide) groups is 1. The highest BCUT2D eigenvalue weighted by Gasteiger charge is 2.15. The Kier molecular flexibility index (Phi) is 7.88. The Hall–Kier alpha value is -3.33. The van der Waals surface area contributed by atoms with E-state index in [1.807, 2.05) is 24.3 Å². The fraction of sp³-hybridized carbons (Fsp3) is 0.304. The Bertz CT molecular complexity index is 1100. The number of nitrogens with zero attached hydrogens (tertiary/aromatic N) is 3. The number of ether oxygens (including phenoxy) is 1. The number of aromatic nitrogens is 3. The van der Waals surface area contributed by atoms with Gasteiger partial charge in [0.25, 0.3) is 0 Å². The van der Waals surface area contributed by atoms with Crippen LogP contribution in [0.1, 0.15) is 31.2 Å². The largest absolute Gasteiger partial charge is 0.497 e. The van der Waals surface area contributed by atoms with Crippen molar-refractivity contribution in [2.45, 2.75) is 31.3 Å². The predicted octanol–water partition coefficient (Wildman–Crippen LogP) is 3.86. The third-order valence-electron chi connectivity index (χ3n) is 4.79. The summed E-state index contributed by atoms with van der Waals surface area (Å²) >= 11 is 1.27. The molecule has 3 rings (SSSR count). The van der Waals surface area contributed by atoms with E-state index in [4.69, 9.17) is 4.74 Å². The molecule has 2 N–H and O–H groups in total. The molecule has 0 aliphatic carbocycles. The first-order valence-electron chi connectivity index (χ1n) is 10.2. The van der Waals surface area contributed by atoms with Crippen molar-refractivity contribution in [3.63, 3.8) is 0 Å². The summed E-state index contributed by atoms with van der Waals surface area (Å²) in [4.78, 5) is 24.8. The minimum Gasteiger partial charge on any atom is -0.497 e. The van der Waals surface area contributed by atoms with Gasteiger partial charge in [-0.3, -0.25) is 9.59 Å². The predicted molar refractivity (Wildman–Crippen MR) is 126 cm³/mol. The standard InChI is InChI=1S/C23H27N5O3S/c1-15(2)18-10-5-6-11-19(18)25-22(30)14-32-23-27-26-20(28(23)3)13-21(29)24-16-8-7-9-17(12-16)31-4/h5-12,15H,13-14H2,1-4H3,(H,24,29)(H,25,30). The van der Waals surface area contributed by atoms with Gasteiger partial charge in [-0.25, -0.2) is 0 Å². The summed E-state index contributed by atoms with van der Waals surface area (Å²) in [6.45, 7) is 4.18. The molecule has 0 radical (unpaired) electrons. The Morgan fingerprint density at radius 2 is 1.84 bits per heavy atom. The zero-order chi connectivity index (χ0) is 23.1. The van der Waals surface area contributed by atoms with Gasteiger partial charge in [-0.1, -0.05) is 49.9 Å². The van der Waals surface area contributed by atoms with E-state index < -0.39 is 0 Å². The lowest BCUT2D eigenvalue weighted by Crippen LogP contribution is -2.17. The lowest BCUT2D eigenvalue weighted by Gasteiger charge is -2.13. The molecule has 0 aliphatic heterocycles. The molecule has 0 fully saturated rings. The van der Waals surface area contributed by atoms with Crippen LogP contribution in [0.25, 0.3) is 0 Å². The second-order valence-corrected chi connectivity index (χ2v) is 8.44. The zero-order valence-electron chi connectivity index (χ0n) is 18.6. The summed E-state index contributed by atoms with van der Waals surface area (Å²) in [5, 5.41) is 14.6. The monoisotopic (exact) mass is 453 g/mol.